The van der Waals surface area contributed by atoms with Gasteiger partial charge in [0.05, 0.1) is 0 Å². The molecule has 0 rings (SSSR count). The smallest absolute Gasteiger partial charge is 0.149 e. The fourth-order valence-electron chi connectivity index (χ4n) is 0. The van der Waals surface area contributed by atoms with E-state index in [1.54, 1.807) is 0 Å². The van der Waals surface area contributed by atoms with Crippen molar-refractivity contribution in [2.24, 2.45) is 0 Å². The van der Waals surface area contributed by atoms with Gasteiger partial charge < -0.3 is 11.1 Å². The van der Waals surface area contributed by atoms with Crippen LogP contribution in [-0.2, 0) is 262 Å². The summed E-state index contributed by atoms with van der Waals surface area (Å²) in [6.45, 7) is 0. The van der Waals surface area contributed by atoms with Crippen LogP contribution in [-0.4, -0.2) is 13.1 Å². The summed E-state index contributed by atoms with van der Waals surface area (Å²) in [7, 11) is 1.41. The SMILES string of the molecule is CNC([NH-])=O.[Y].[Y].[Y].[Y].[Y].[Y].[Y].[Y]. The van der Waals surface area contributed by atoms with Crippen molar-refractivity contribution in [3.05, 3.63) is 5.73 Å². The second-order valence-electron chi connectivity index (χ2n) is 0.579. The zero-order chi connectivity index (χ0) is 4.28. The van der Waals surface area contributed by atoms with Crippen LogP contribution >= 0.6 is 0 Å². The van der Waals surface area contributed by atoms with Crippen LogP contribution < -0.4 is 5.32 Å². The standard InChI is InChI=1S/C2H6N2O.8Y/c1-4-2(3)5;;;;;;;;/h1H3,(H3,3,4,5);;;;;;;;/p-1. The van der Waals surface area contributed by atoms with Crippen LogP contribution in [0.5, 0.6) is 0 Å². The summed E-state index contributed by atoms with van der Waals surface area (Å²) in [6, 6.07) is -0.745. The summed E-state index contributed by atoms with van der Waals surface area (Å²) >= 11 is 0. The summed E-state index contributed by atoms with van der Waals surface area (Å²) in [4.78, 5) is 9.37. The molecule has 0 saturated carbocycles. The molecular formula is C2H5N2OY8-. The molecule has 0 aromatic rings. The molecule has 8 radical (unpaired) electrons. The molecule has 0 aliphatic rings. The van der Waals surface area contributed by atoms with Crippen molar-refractivity contribution in [2.75, 3.05) is 7.05 Å². The summed E-state index contributed by atoms with van der Waals surface area (Å²) in [5.74, 6) is 0. The molecule has 13 heavy (non-hydrogen) atoms. The van der Waals surface area contributed by atoms with Gasteiger partial charge in [0.1, 0.15) is 6.03 Å². The molecule has 3 nitrogen and oxygen atoms in total. The second-order valence-corrected chi connectivity index (χ2v) is 0.579. The van der Waals surface area contributed by atoms with E-state index >= 15 is 0 Å². The number of hydrogen-bond acceptors (Lipinski definition) is 1. The van der Waals surface area contributed by atoms with Gasteiger partial charge in [0, 0.05) is 262 Å². The fourth-order valence-corrected chi connectivity index (χ4v) is 0. The van der Waals surface area contributed by atoms with Gasteiger partial charge in [0.15, 0.2) is 0 Å². The number of hydrogen-bond donors (Lipinski definition) is 1. The Labute approximate surface area is 281 Å². The van der Waals surface area contributed by atoms with Crippen molar-refractivity contribution >= 4 is 6.03 Å². The molecule has 0 aromatic heterocycles. The van der Waals surface area contributed by atoms with E-state index in [9.17, 15) is 4.79 Å². The first-order valence-electron chi connectivity index (χ1n) is 1.20. The normalized spacial score (nSPS) is 2.54. The number of urea groups is 1. The monoisotopic (exact) mass is 784 g/mol. The molecule has 0 aliphatic heterocycles. The van der Waals surface area contributed by atoms with Crippen LogP contribution in [0.2, 0.25) is 0 Å². The number of nitrogens with one attached hydrogen (secondary N) is 2. The molecule has 0 saturated heterocycles. The Kier molecular flexibility index (Phi) is 224. The minimum absolute atomic E-state index is 0. The van der Waals surface area contributed by atoms with Gasteiger partial charge in [-0.2, -0.15) is 0 Å². The van der Waals surface area contributed by atoms with Crippen LogP contribution in [0.15, 0.2) is 0 Å². The first-order chi connectivity index (χ1) is 2.27. The molecule has 0 bridgehead atoms. The third-order valence-electron chi connectivity index (χ3n) is 0.227. The number of rotatable bonds is 0. The van der Waals surface area contributed by atoms with Gasteiger partial charge in [-0.25, -0.2) is 0 Å². The summed E-state index contributed by atoms with van der Waals surface area (Å²) in [5.41, 5.74) is 6.08. The third-order valence-corrected chi connectivity index (χ3v) is 0.227. The molecule has 11 heteroatoms. The zero-order valence-corrected chi connectivity index (χ0v) is 30.2. The van der Waals surface area contributed by atoms with Gasteiger partial charge in [-0.15, -0.1) is 0 Å². The summed E-state index contributed by atoms with van der Waals surface area (Å²) < 4.78 is 0. The zero-order valence-electron chi connectivity index (χ0n) is 7.53. The molecule has 0 unspecified atom stereocenters. The molecule has 0 aromatic carbocycles. The number of amides is 2. The second kappa shape index (κ2) is 50.1. The average Bonchev–Trinajstić information content (AvgIpc) is 1.38. The average molecular weight is 784 g/mol. The van der Waals surface area contributed by atoms with Gasteiger partial charge in [0.25, 0.3) is 0 Å². The molecule has 0 spiro atoms. The molecule has 0 fully saturated rings. The van der Waals surface area contributed by atoms with Crippen molar-refractivity contribution in [3.8, 4) is 0 Å². The third kappa shape index (κ3) is 64.5. The summed E-state index contributed by atoms with van der Waals surface area (Å²) in [5, 5.41) is 2.06. The van der Waals surface area contributed by atoms with E-state index in [2.05, 4.69) is 5.32 Å². The predicted molar refractivity (Wildman–Crippen MR) is 18.8 cm³/mol. The Balaban J connectivity index is -0.00000000286. The molecule has 2 N–H and O–H groups in total. The maximum atomic E-state index is 9.37. The molecular weight excluding hydrogens is 779 g/mol. The Morgan fingerprint density at radius 3 is 0.923 bits per heavy atom. The molecule has 0 aliphatic carbocycles. The van der Waals surface area contributed by atoms with Gasteiger partial charge in [-0.05, 0) is 0 Å². The maximum Gasteiger partial charge on any atom is 0.149 e. The first kappa shape index (κ1) is 58.2. The minimum Gasteiger partial charge on any atom is -0.453 e. The van der Waals surface area contributed by atoms with Crippen LogP contribution in [0.25, 0.3) is 5.73 Å². The van der Waals surface area contributed by atoms with Gasteiger partial charge in [0.2, 0.25) is 0 Å². The van der Waals surface area contributed by atoms with Crippen molar-refractivity contribution < 1.29 is 266 Å². The van der Waals surface area contributed by atoms with E-state index in [4.69, 9.17) is 5.73 Å². The van der Waals surface area contributed by atoms with Gasteiger partial charge >= 0.3 is 0 Å². The largest absolute Gasteiger partial charge is 0.453 e. The topological polar surface area (TPSA) is 52.9 Å². The molecule has 2 amide bonds. The van der Waals surface area contributed by atoms with Crippen molar-refractivity contribution in [1.29, 1.82) is 0 Å². The van der Waals surface area contributed by atoms with E-state index in [1.807, 2.05) is 0 Å². The predicted octanol–water partition coefficient (Wildman–Crippen LogP) is 0.358. The fraction of sp³-hybridized carbons (Fsp3) is 0.500. The van der Waals surface area contributed by atoms with Crippen LogP contribution in [0, 0.1) is 0 Å². The quantitative estimate of drug-likeness (QED) is 0.380. The molecule has 54 valence electrons. The Bertz CT molecular complexity index is 55.4. The van der Waals surface area contributed by atoms with E-state index in [-0.39, 0.29) is 262 Å². The van der Waals surface area contributed by atoms with Crippen LogP contribution in [0.1, 0.15) is 0 Å². The van der Waals surface area contributed by atoms with Gasteiger partial charge in [-0.3, -0.25) is 4.79 Å². The van der Waals surface area contributed by atoms with Crippen molar-refractivity contribution in [2.45, 2.75) is 0 Å². The van der Waals surface area contributed by atoms with E-state index < -0.39 is 6.03 Å². The van der Waals surface area contributed by atoms with E-state index in [0.717, 1.165) is 0 Å². The van der Waals surface area contributed by atoms with Crippen molar-refractivity contribution in [3.63, 3.8) is 0 Å². The van der Waals surface area contributed by atoms with E-state index in [0.29, 0.717) is 0 Å². The Morgan fingerprint density at radius 1 is 0.846 bits per heavy atom. The van der Waals surface area contributed by atoms with Crippen LogP contribution in [0.4, 0.5) is 4.79 Å². The number of carbonyl (C=O) groups is 1. The van der Waals surface area contributed by atoms with E-state index in [1.165, 1.54) is 7.05 Å². The molecule has 0 heterocycles. The summed E-state index contributed by atoms with van der Waals surface area (Å²) in [6.07, 6.45) is 0. The Hall–Kier alpha value is 8.10. The minimum atomic E-state index is -0.745. The maximum absolute atomic E-state index is 9.37. The Morgan fingerprint density at radius 2 is 0.923 bits per heavy atom. The number of carbonyl (C=O) groups excluding carboxylic acids is 1. The van der Waals surface area contributed by atoms with Gasteiger partial charge in [-0.1, -0.05) is 7.05 Å². The van der Waals surface area contributed by atoms with Crippen molar-refractivity contribution in [1.82, 2.24) is 5.32 Å². The van der Waals surface area contributed by atoms with Crippen LogP contribution in [0.3, 0.4) is 0 Å². The first-order valence-corrected chi connectivity index (χ1v) is 1.20. The molecule has 0 atom stereocenters.